The molecule has 0 saturated heterocycles. The molecule has 0 aromatic carbocycles. The minimum absolute atomic E-state index is 0.189. The van der Waals surface area contributed by atoms with Gasteiger partial charge in [0.1, 0.15) is 0 Å². The molecule has 0 aliphatic carbocycles. The largest absolute Gasteiger partial charge is 0.349 e. The molecule has 5 heteroatoms. The Morgan fingerprint density at radius 2 is 1.47 bits per heavy atom. The van der Waals surface area contributed by atoms with Crippen LogP contribution in [0.5, 0.6) is 0 Å². The Balaban J connectivity index is 5.12. The van der Waals surface area contributed by atoms with E-state index < -0.39 is 16.5 Å². The number of hydrazone groups is 1. The van der Waals surface area contributed by atoms with Crippen molar-refractivity contribution in [3.05, 3.63) is 0 Å². The first-order chi connectivity index (χ1) is 7.50. The Morgan fingerprint density at radius 3 is 1.76 bits per heavy atom. The van der Waals surface area contributed by atoms with Gasteiger partial charge in [0.25, 0.3) is 0 Å². The van der Waals surface area contributed by atoms with Gasteiger partial charge in [0, 0.05) is 6.42 Å². The monoisotopic (exact) mass is 272 g/mol. The molecule has 100 valence electrons. The lowest BCUT2D eigenvalue weighted by Crippen LogP contribution is -2.56. The molecule has 0 atom stereocenters. The van der Waals surface area contributed by atoms with E-state index in [1.54, 1.807) is 0 Å². The van der Waals surface area contributed by atoms with E-state index in [1.807, 2.05) is 13.8 Å². The molecule has 0 fully saturated rings. The van der Waals surface area contributed by atoms with Gasteiger partial charge in [-0.05, 0) is 13.3 Å². The standard InChI is InChI=1S/C12H28N2OSi2/c1-9-10-12(15)11(2)13-14(16(3,4)5)17(6,7)8/h9-10H2,1-8H3/b13-11+. The normalized spacial score (nSPS) is 13.8. The fraction of sp³-hybridized carbons (Fsp3) is 0.833. The third kappa shape index (κ3) is 5.63. The smallest absolute Gasteiger partial charge is 0.178 e. The lowest BCUT2D eigenvalue weighted by molar-refractivity contribution is -0.113. The van der Waals surface area contributed by atoms with E-state index in [0.717, 1.165) is 6.42 Å². The molecule has 0 aliphatic rings. The highest BCUT2D eigenvalue weighted by molar-refractivity contribution is 6.89. The van der Waals surface area contributed by atoms with Crippen LogP contribution < -0.4 is 0 Å². The first-order valence-electron chi connectivity index (χ1n) is 6.39. The van der Waals surface area contributed by atoms with Crippen LogP contribution in [0.2, 0.25) is 39.3 Å². The molecule has 0 amide bonds. The summed E-state index contributed by atoms with van der Waals surface area (Å²) in [6.45, 7) is 17.6. The SMILES string of the molecule is CCCC(=O)/C(C)=N/N([Si](C)(C)C)[Si](C)(C)C. The number of carbonyl (C=O) groups is 1. The van der Waals surface area contributed by atoms with Crippen molar-refractivity contribution in [2.75, 3.05) is 0 Å². The molecular weight excluding hydrogens is 244 g/mol. The highest BCUT2D eigenvalue weighted by atomic mass is 28.4. The maximum absolute atomic E-state index is 11.8. The van der Waals surface area contributed by atoms with E-state index in [4.69, 9.17) is 0 Å². The molecule has 17 heavy (non-hydrogen) atoms. The summed E-state index contributed by atoms with van der Waals surface area (Å²) >= 11 is 0. The number of nitrogens with zero attached hydrogens (tertiary/aromatic N) is 2. The number of carbonyl (C=O) groups excluding carboxylic acids is 1. The molecule has 0 heterocycles. The lowest BCUT2D eigenvalue weighted by Gasteiger charge is -2.41. The summed E-state index contributed by atoms with van der Waals surface area (Å²) in [7, 11) is -3.00. The summed E-state index contributed by atoms with van der Waals surface area (Å²) in [4.78, 5) is 11.8. The van der Waals surface area contributed by atoms with Gasteiger partial charge in [-0.3, -0.25) is 4.79 Å². The molecule has 0 unspecified atom stereocenters. The van der Waals surface area contributed by atoms with Crippen molar-refractivity contribution >= 4 is 28.0 Å². The minimum atomic E-state index is -1.50. The van der Waals surface area contributed by atoms with Gasteiger partial charge in [-0.15, -0.1) is 0 Å². The lowest BCUT2D eigenvalue weighted by atomic mass is 10.2. The van der Waals surface area contributed by atoms with Crippen molar-refractivity contribution in [2.45, 2.75) is 66.0 Å². The second kappa shape index (κ2) is 5.95. The fourth-order valence-electron chi connectivity index (χ4n) is 1.92. The number of hydrogen-bond acceptors (Lipinski definition) is 3. The molecule has 0 aromatic rings. The zero-order chi connectivity index (χ0) is 13.9. The van der Waals surface area contributed by atoms with Crippen molar-refractivity contribution in [3.8, 4) is 0 Å². The van der Waals surface area contributed by atoms with Crippen molar-refractivity contribution in [1.82, 2.24) is 4.34 Å². The van der Waals surface area contributed by atoms with Gasteiger partial charge in [0.2, 0.25) is 0 Å². The second-order valence-corrected chi connectivity index (χ2v) is 16.5. The van der Waals surface area contributed by atoms with E-state index in [-0.39, 0.29) is 5.78 Å². The summed E-state index contributed by atoms with van der Waals surface area (Å²) in [6.07, 6.45) is 1.51. The van der Waals surface area contributed by atoms with Crippen LogP contribution in [0.15, 0.2) is 5.10 Å². The van der Waals surface area contributed by atoms with E-state index in [2.05, 4.69) is 48.7 Å². The van der Waals surface area contributed by atoms with Crippen LogP contribution in [-0.4, -0.2) is 32.3 Å². The molecule has 3 nitrogen and oxygen atoms in total. The van der Waals surface area contributed by atoms with Gasteiger partial charge >= 0.3 is 0 Å². The Kier molecular flexibility index (Phi) is 5.80. The van der Waals surface area contributed by atoms with Crippen LogP contribution in [0, 0.1) is 0 Å². The van der Waals surface area contributed by atoms with Gasteiger partial charge in [-0.2, -0.15) is 5.10 Å². The van der Waals surface area contributed by atoms with Gasteiger partial charge in [-0.25, -0.2) is 0 Å². The van der Waals surface area contributed by atoms with Crippen LogP contribution in [-0.2, 0) is 4.79 Å². The van der Waals surface area contributed by atoms with E-state index in [1.165, 1.54) is 0 Å². The topological polar surface area (TPSA) is 32.7 Å². The van der Waals surface area contributed by atoms with Crippen molar-refractivity contribution < 1.29 is 4.79 Å². The number of Topliss-reactive ketones (excluding diaryl/α,β-unsaturated/α-hetero) is 1. The van der Waals surface area contributed by atoms with Crippen LogP contribution in [0.4, 0.5) is 0 Å². The van der Waals surface area contributed by atoms with E-state index >= 15 is 0 Å². The second-order valence-electron chi connectivity index (χ2n) is 6.51. The quantitative estimate of drug-likeness (QED) is 0.419. The molecular formula is C12H28N2OSi2. The summed E-state index contributed by atoms with van der Waals surface area (Å²) in [5, 5.41) is 4.66. The number of hydrogen-bond donors (Lipinski definition) is 0. The summed E-state index contributed by atoms with van der Waals surface area (Å²) in [5.74, 6) is 0.189. The first kappa shape index (κ1) is 16.6. The van der Waals surface area contributed by atoms with E-state index in [0.29, 0.717) is 12.1 Å². The molecule has 0 N–H and O–H groups in total. The molecule has 0 spiro atoms. The van der Waals surface area contributed by atoms with Crippen LogP contribution in [0.3, 0.4) is 0 Å². The van der Waals surface area contributed by atoms with Gasteiger partial charge < -0.3 is 4.34 Å². The fourth-order valence-corrected chi connectivity index (χ4v) is 10.9. The average molecular weight is 273 g/mol. The Hall–Kier alpha value is -0.426. The predicted molar refractivity (Wildman–Crippen MR) is 81.6 cm³/mol. The highest BCUT2D eigenvalue weighted by Gasteiger charge is 2.34. The number of ketones is 1. The molecule has 0 aliphatic heterocycles. The van der Waals surface area contributed by atoms with Crippen molar-refractivity contribution in [3.63, 3.8) is 0 Å². The first-order valence-corrected chi connectivity index (χ1v) is 13.3. The third-order valence-corrected chi connectivity index (χ3v) is 9.17. The summed E-state index contributed by atoms with van der Waals surface area (Å²) in [6, 6.07) is 0. The van der Waals surface area contributed by atoms with Crippen LogP contribution >= 0.6 is 0 Å². The highest BCUT2D eigenvalue weighted by Crippen LogP contribution is 2.20. The maximum atomic E-state index is 11.8. The molecule has 0 aromatic heterocycles. The predicted octanol–water partition coefficient (Wildman–Crippen LogP) is 3.70. The van der Waals surface area contributed by atoms with Gasteiger partial charge in [0.05, 0.1) is 5.71 Å². The van der Waals surface area contributed by atoms with Crippen molar-refractivity contribution in [2.24, 2.45) is 5.10 Å². The Morgan fingerprint density at radius 1 is 1.06 bits per heavy atom. The minimum Gasteiger partial charge on any atom is -0.349 e. The average Bonchev–Trinajstić information content (AvgIpc) is 2.10. The van der Waals surface area contributed by atoms with E-state index in [9.17, 15) is 4.79 Å². The summed E-state index contributed by atoms with van der Waals surface area (Å²) in [5.41, 5.74) is 0.678. The molecule has 0 radical (unpaired) electrons. The Bertz CT molecular complexity index is 287. The maximum Gasteiger partial charge on any atom is 0.178 e. The van der Waals surface area contributed by atoms with Crippen LogP contribution in [0.1, 0.15) is 26.7 Å². The van der Waals surface area contributed by atoms with Gasteiger partial charge in [-0.1, -0.05) is 46.2 Å². The Labute approximate surface area is 108 Å². The molecule has 0 rings (SSSR count). The molecule has 0 saturated carbocycles. The molecule has 0 bridgehead atoms. The zero-order valence-corrected chi connectivity index (χ0v) is 14.7. The third-order valence-electron chi connectivity index (χ3n) is 2.40. The van der Waals surface area contributed by atoms with Crippen LogP contribution in [0.25, 0.3) is 0 Å². The number of rotatable bonds is 6. The van der Waals surface area contributed by atoms with Crippen molar-refractivity contribution in [1.29, 1.82) is 0 Å². The van der Waals surface area contributed by atoms with Gasteiger partial charge in [0.15, 0.2) is 22.3 Å². The summed E-state index contributed by atoms with van der Waals surface area (Å²) < 4.78 is 2.29. The zero-order valence-electron chi connectivity index (χ0n) is 12.7.